The van der Waals surface area contributed by atoms with Crippen LogP contribution in [-0.4, -0.2) is 42.2 Å². The molecule has 1 aromatic carbocycles. The van der Waals surface area contributed by atoms with Crippen molar-refractivity contribution in [1.29, 1.82) is 0 Å². The minimum Gasteiger partial charge on any atom is -0.495 e. The second-order valence-corrected chi connectivity index (χ2v) is 9.31. The Morgan fingerprint density at radius 1 is 1.22 bits per heavy atom. The van der Waals surface area contributed by atoms with Crippen molar-refractivity contribution >= 4 is 15.9 Å². The molecule has 0 unspecified atom stereocenters. The van der Waals surface area contributed by atoms with Gasteiger partial charge < -0.3 is 10.1 Å². The quantitative estimate of drug-likeness (QED) is 0.539. The molecule has 0 radical (unpaired) electrons. The molecule has 10 heteroatoms. The Labute approximate surface area is 186 Å². The molecular weight excluding hydrogens is 430 g/mol. The third-order valence-electron chi connectivity index (χ3n) is 5.39. The van der Waals surface area contributed by atoms with Gasteiger partial charge >= 0.3 is 0 Å². The molecule has 2 N–H and O–H groups in total. The minimum absolute atomic E-state index is 0.0372. The first-order valence-electron chi connectivity index (χ1n) is 10.4. The van der Waals surface area contributed by atoms with E-state index in [1.54, 1.807) is 35.4 Å². The van der Waals surface area contributed by atoms with Gasteiger partial charge in [-0.05, 0) is 48.7 Å². The largest absolute Gasteiger partial charge is 0.495 e. The Morgan fingerprint density at radius 3 is 2.69 bits per heavy atom. The molecule has 2 aromatic heterocycles. The van der Waals surface area contributed by atoms with E-state index in [1.807, 2.05) is 12.1 Å². The van der Waals surface area contributed by atoms with E-state index < -0.39 is 10.0 Å². The number of rotatable bonds is 8. The second-order valence-electron chi connectivity index (χ2n) is 7.63. The highest BCUT2D eigenvalue weighted by atomic mass is 32.2. The zero-order valence-corrected chi connectivity index (χ0v) is 18.5. The number of benzene rings is 1. The number of amides is 1. The summed E-state index contributed by atoms with van der Waals surface area (Å²) in [6.07, 6.45) is 8.76. The molecular formula is C22H25N5O4S. The maximum Gasteiger partial charge on any atom is 0.251 e. The van der Waals surface area contributed by atoms with Gasteiger partial charge in [-0.15, -0.1) is 0 Å². The van der Waals surface area contributed by atoms with Crippen LogP contribution in [0.5, 0.6) is 5.75 Å². The maximum atomic E-state index is 12.9. The molecule has 168 valence electrons. The molecule has 0 atom stereocenters. The number of nitrogens with one attached hydrogen (secondary N) is 2. The molecule has 0 aliphatic heterocycles. The number of sulfonamides is 1. The molecule has 2 heterocycles. The van der Waals surface area contributed by atoms with Gasteiger partial charge in [-0.25, -0.2) is 22.8 Å². The topological polar surface area (TPSA) is 115 Å². The first-order valence-corrected chi connectivity index (χ1v) is 11.9. The third kappa shape index (κ3) is 4.97. The van der Waals surface area contributed by atoms with E-state index in [0.717, 1.165) is 31.2 Å². The Kier molecular flexibility index (Phi) is 6.52. The predicted molar refractivity (Wildman–Crippen MR) is 118 cm³/mol. The van der Waals surface area contributed by atoms with Gasteiger partial charge in [0.15, 0.2) is 5.82 Å². The summed E-state index contributed by atoms with van der Waals surface area (Å²) in [5.74, 6) is 0.483. The molecule has 1 aliphatic carbocycles. The van der Waals surface area contributed by atoms with Crippen molar-refractivity contribution in [2.24, 2.45) is 0 Å². The molecule has 0 saturated heterocycles. The Morgan fingerprint density at radius 2 is 2.03 bits per heavy atom. The number of methoxy groups -OCH3 is 1. The first-order chi connectivity index (χ1) is 15.5. The van der Waals surface area contributed by atoms with E-state index in [4.69, 9.17) is 4.74 Å². The molecule has 0 bridgehead atoms. The molecule has 4 rings (SSSR count). The lowest BCUT2D eigenvalue weighted by atomic mass is 10.2. The molecule has 1 amide bonds. The fourth-order valence-corrected chi connectivity index (χ4v) is 5.20. The van der Waals surface area contributed by atoms with E-state index in [2.05, 4.69) is 20.1 Å². The van der Waals surface area contributed by atoms with Crippen LogP contribution in [0.3, 0.4) is 0 Å². The molecule has 1 fully saturated rings. The van der Waals surface area contributed by atoms with E-state index in [0.29, 0.717) is 5.82 Å². The second kappa shape index (κ2) is 9.49. The third-order valence-corrected chi connectivity index (χ3v) is 6.94. The van der Waals surface area contributed by atoms with Crippen molar-refractivity contribution in [3.63, 3.8) is 0 Å². The van der Waals surface area contributed by atoms with Crippen molar-refractivity contribution in [3.05, 3.63) is 66.1 Å². The van der Waals surface area contributed by atoms with Crippen molar-refractivity contribution in [2.45, 2.75) is 43.2 Å². The van der Waals surface area contributed by atoms with Gasteiger partial charge in [0.25, 0.3) is 5.91 Å². The highest BCUT2D eigenvalue weighted by Crippen LogP contribution is 2.27. The Balaban J connectivity index is 1.46. The predicted octanol–water partition coefficient (Wildman–Crippen LogP) is 2.43. The summed E-state index contributed by atoms with van der Waals surface area (Å²) in [6, 6.07) is 9.77. The zero-order chi connectivity index (χ0) is 22.6. The lowest BCUT2D eigenvalue weighted by Gasteiger charge is -2.16. The van der Waals surface area contributed by atoms with E-state index in [-0.39, 0.29) is 34.7 Å². The SMILES string of the molecule is COc1ccc(C(=O)NCc2ccc(-n3cccn3)nc2)cc1S(=O)(=O)NC1CCCC1. The fraction of sp³-hybridized carbons (Fsp3) is 0.318. The standard InChI is InChI=1S/C22H25N5O4S/c1-31-19-9-8-17(13-20(19)32(29,30)26-18-5-2-3-6-18)22(28)24-15-16-7-10-21(23-14-16)27-12-4-11-25-27/h4,7-14,18,26H,2-3,5-6,15H2,1H3,(H,24,28). The zero-order valence-electron chi connectivity index (χ0n) is 17.7. The fourth-order valence-electron chi connectivity index (χ4n) is 3.70. The highest BCUT2D eigenvalue weighted by molar-refractivity contribution is 7.89. The summed E-state index contributed by atoms with van der Waals surface area (Å²) in [5.41, 5.74) is 1.04. The van der Waals surface area contributed by atoms with E-state index >= 15 is 0 Å². The number of carbonyl (C=O) groups is 1. The normalized spacial score (nSPS) is 14.4. The van der Waals surface area contributed by atoms with Crippen LogP contribution in [0.1, 0.15) is 41.6 Å². The monoisotopic (exact) mass is 455 g/mol. The van der Waals surface area contributed by atoms with Crippen LogP contribution < -0.4 is 14.8 Å². The van der Waals surface area contributed by atoms with Gasteiger partial charge in [0.2, 0.25) is 10.0 Å². The molecule has 9 nitrogen and oxygen atoms in total. The number of pyridine rings is 1. The average Bonchev–Trinajstić information content (AvgIpc) is 3.51. The molecule has 32 heavy (non-hydrogen) atoms. The molecule has 3 aromatic rings. The van der Waals surface area contributed by atoms with Gasteiger partial charge in [0.1, 0.15) is 10.6 Å². The van der Waals surface area contributed by atoms with Gasteiger partial charge in [-0.3, -0.25) is 4.79 Å². The van der Waals surface area contributed by atoms with Crippen molar-refractivity contribution in [2.75, 3.05) is 7.11 Å². The van der Waals surface area contributed by atoms with Crippen LogP contribution in [0, 0.1) is 0 Å². The highest BCUT2D eigenvalue weighted by Gasteiger charge is 2.26. The van der Waals surface area contributed by atoms with Crippen LogP contribution in [0.4, 0.5) is 0 Å². The Bertz CT molecular complexity index is 1170. The summed E-state index contributed by atoms with van der Waals surface area (Å²) in [7, 11) is -2.40. The van der Waals surface area contributed by atoms with Crippen molar-refractivity contribution in [1.82, 2.24) is 24.8 Å². The van der Waals surface area contributed by atoms with Crippen molar-refractivity contribution < 1.29 is 17.9 Å². The number of hydrogen-bond donors (Lipinski definition) is 2. The number of aromatic nitrogens is 3. The van der Waals surface area contributed by atoms with E-state index in [9.17, 15) is 13.2 Å². The summed E-state index contributed by atoms with van der Waals surface area (Å²) >= 11 is 0. The first kappa shape index (κ1) is 22.0. The van der Waals surface area contributed by atoms with Crippen LogP contribution in [0.2, 0.25) is 0 Å². The minimum atomic E-state index is -3.81. The van der Waals surface area contributed by atoms with Crippen LogP contribution >= 0.6 is 0 Å². The number of ether oxygens (including phenoxy) is 1. The number of carbonyl (C=O) groups excluding carboxylic acids is 1. The molecule has 1 saturated carbocycles. The average molecular weight is 456 g/mol. The lowest BCUT2D eigenvalue weighted by Crippen LogP contribution is -2.33. The summed E-state index contributed by atoms with van der Waals surface area (Å²) in [5, 5.41) is 6.93. The van der Waals surface area contributed by atoms with Crippen molar-refractivity contribution in [3.8, 4) is 11.6 Å². The lowest BCUT2D eigenvalue weighted by molar-refractivity contribution is 0.0950. The number of hydrogen-bond acceptors (Lipinski definition) is 6. The number of nitrogens with zero attached hydrogens (tertiary/aromatic N) is 3. The van der Waals surface area contributed by atoms with E-state index in [1.165, 1.54) is 19.2 Å². The smallest absolute Gasteiger partial charge is 0.251 e. The summed E-state index contributed by atoms with van der Waals surface area (Å²) < 4.78 is 35.4. The summed E-state index contributed by atoms with van der Waals surface area (Å²) in [6.45, 7) is 0.250. The molecule has 0 spiro atoms. The Hall–Kier alpha value is -3.24. The van der Waals surface area contributed by atoms with Gasteiger partial charge in [0.05, 0.1) is 7.11 Å². The maximum absolute atomic E-state index is 12.9. The van der Waals surface area contributed by atoms with Crippen LogP contribution in [0.15, 0.2) is 59.9 Å². The van der Waals surface area contributed by atoms with Gasteiger partial charge in [0, 0.05) is 36.7 Å². The van der Waals surface area contributed by atoms with Crippen LogP contribution in [0.25, 0.3) is 5.82 Å². The summed E-state index contributed by atoms with van der Waals surface area (Å²) in [4.78, 5) is 17.0. The van der Waals surface area contributed by atoms with Gasteiger partial charge in [-0.2, -0.15) is 5.10 Å². The molecule has 1 aliphatic rings. The van der Waals surface area contributed by atoms with Crippen LogP contribution in [-0.2, 0) is 16.6 Å². The van der Waals surface area contributed by atoms with Gasteiger partial charge in [-0.1, -0.05) is 18.9 Å².